The van der Waals surface area contributed by atoms with Crippen LogP contribution >= 0.6 is 0 Å². The molecule has 2 aromatic rings. The molecule has 0 aliphatic heterocycles. The van der Waals surface area contributed by atoms with Crippen LogP contribution in [0.15, 0.2) is 48.5 Å². The van der Waals surface area contributed by atoms with E-state index in [1.165, 1.54) is 24.0 Å². The number of aryl methyl sites for hydroxylation is 2. The number of carbonyl (C=O) groups excluding carboxylic acids is 3. The first-order chi connectivity index (χ1) is 13.6. The third-order valence-electron chi connectivity index (χ3n) is 5.02. The lowest BCUT2D eigenvalue weighted by atomic mass is 9.89. The van der Waals surface area contributed by atoms with Crippen LogP contribution in [0.4, 0.5) is 0 Å². The molecule has 0 heterocycles. The Kier molecular flexibility index (Phi) is 6.95. The smallest absolute Gasteiger partial charge is 0.251 e. The van der Waals surface area contributed by atoms with Gasteiger partial charge in [0.2, 0.25) is 5.91 Å². The van der Waals surface area contributed by atoms with Gasteiger partial charge in [-0.1, -0.05) is 30.3 Å². The number of rotatable bonds is 8. The van der Waals surface area contributed by atoms with E-state index in [0.717, 1.165) is 12.8 Å². The summed E-state index contributed by atoms with van der Waals surface area (Å²) < 4.78 is 0. The van der Waals surface area contributed by atoms with Crippen LogP contribution in [0.3, 0.4) is 0 Å². The Morgan fingerprint density at radius 3 is 2.25 bits per heavy atom. The summed E-state index contributed by atoms with van der Waals surface area (Å²) in [5.41, 5.74) is 3.90. The summed E-state index contributed by atoms with van der Waals surface area (Å²) in [7, 11) is 0. The van der Waals surface area contributed by atoms with Crippen LogP contribution < -0.4 is 10.6 Å². The fourth-order valence-corrected chi connectivity index (χ4v) is 3.44. The topological polar surface area (TPSA) is 75.3 Å². The molecule has 0 saturated heterocycles. The molecule has 2 amide bonds. The lowest BCUT2D eigenvalue weighted by molar-refractivity contribution is -0.121. The van der Waals surface area contributed by atoms with Gasteiger partial charge in [-0.2, -0.15) is 0 Å². The zero-order valence-corrected chi connectivity index (χ0v) is 16.0. The summed E-state index contributed by atoms with van der Waals surface area (Å²) in [6.07, 6.45) is 4.86. The number of carbonyl (C=O) groups is 3. The van der Waals surface area contributed by atoms with E-state index in [9.17, 15) is 14.4 Å². The summed E-state index contributed by atoms with van der Waals surface area (Å²) >= 11 is 0. The van der Waals surface area contributed by atoms with Gasteiger partial charge in [-0.05, 0) is 55.0 Å². The SMILES string of the molecule is O=C(CCC(=O)c1ccc2c(c1)CCCC2)NCCNC(=O)c1ccccc1. The maximum atomic E-state index is 12.4. The summed E-state index contributed by atoms with van der Waals surface area (Å²) in [4.78, 5) is 36.2. The molecule has 0 bridgehead atoms. The minimum Gasteiger partial charge on any atom is -0.354 e. The van der Waals surface area contributed by atoms with Gasteiger partial charge in [-0.15, -0.1) is 0 Å². The van der Waals surface area contributed by atoms with Crippen LogP contribution in [-0.2, 0) is 17.6 Å². The molecule has 0 unspecified atom stereocenters. The Balaban J connectivity index is 1.36. The predicted molar refractivity (Wildman–Crippen MR) is 108 cm³/mol. The number of amides is 2. The van der Waals surface area contributed by atoms with Crippen molar-refractivity contribution in [2.75, 3.05) is 13.1 Å². The second-order valence-corrected chi connectivity index (χ2v) is 7.09. The summed E-state index contributed by atoms with van der Waals surface area (Å²) in [5.74, 6) is -0.349. The van der Waals surface area contributed by atoms with Crippen molar-refractivity contribution in [1.29, 1.82) is 0 Å². The molecule has 0 fully saturated rings. The number of hydrogen-bond acceptors (Lipinski definition) is 3. The van der Waals surface area contributed by atoms with Crippen LogP contribution in [-0.4, -0.2) is 30.7 Å². The molecule has 0 atom stereocenters. The lowest BCUT2D eigenvalue weighted by Gasteiger charge is -2.16. The molecule has 5 nitrogen and oxygen atoms in total. The number of benzene rings is 2. The van der Waals surface area contributed by atoms with Gasteiger partial charge in [-0.25, -0.2) is 0 Å². The highest BCUT2D eigenvalue weighted by atomic mass is 16.2. The maximum absolute atomic E-state index is 12.4. The van der Waals surface area contributed by atoms with Gasteiger partial charge in [0, 0.05) is 37.1 Å². The van der Waals surface area contributed by atoms with Crippen LogP contribution in [0.25, 0.3) is 0 Å². The van der Waals surface area contributed by atoms with E-state index in [-0.39, 0.29) is 30.4 Å². The second-order valence-electron chi connectivity index (χ2n) is 7.09. The van der Waals surface area contributed by atoms with Crippen LogP contribution in [0, 0.1) is 0 Å². The van der Waals surface area contributed by atoms with E-state index in [1.807, 2.05) is 18.2 Å². The molecule has 0 aromatic heterocycles. The van der Waals surface area contributed by atoms with E-state index in [0.29, 0.717) is 24.2 Å². The lowest BCUT2D eigenvalue weighted by Crippen LogP contribution is -2.34. The Hall–Kier alpha value is -2.95. The molecule has 5 heteroatoms. The Labute approximate surface area is 165 Å². The molecule has 2 aromatic carbocycles. The first-order valence-corrected chi connectivity index (χ1v) is 9.88. The van der Waals surface area contributed by atoms with Crippen LogP contribution in [0.2, 0.25) is 0 Å². The number of ketones is 1. The predicted octanol–water partition coefficient (Wildman–Crippen LogP) is 3.07. The van der Waals surface area contributed by atoms with Crippen molar-refractivity contribution in [2.24, 2.45) is 0 Å². The van der Waals surface area contributed by atoms with E-state index in [4.69, 9.17) is 0 Å². The average Bonchev–Trinajstić information content (AvgIpc) is 2.75. The summed E-state index contributed by atoms with van der Waals surface area (Å²) in [6, 6.07) is 14.9. The van der Waals surface area contributed by atoms with Gasteiger partial charge in [0.05, 0.1) is 0 Å². The van der Waals surface area contributed by atoms with Crippen molar-refractivity contribution in [3.8, 4) is 0 Å². The van der Waals surface area contributed by atoms with Crippen molar-refractivity contribution >= 4 is 17.6 Å². The fraction of sp³-hybridized carbons (Fsp3) is 0.348. The first kappa shape index (κ1) is 19.8. The van der Waals surface area contributed by atoms with E-state index in [2.05, 4.69) is 16.7 Å². The van der Waals surface area contributed by atoms with Gasteiger partial charge in [0.1, 0.15) is 0 Å². The standard InChI is InChI=1S/C23H26N2O3/c26-21(20-11-10-17-6-4-5-9-19(17)16-20)12-13-22(27)24-14-15-25-23(28)18-7-2-1-3-8-18/h1-3,7-8,10-11,16H,4-6,9,12-15H2,(H,24,27)(H,25,28). The van der Waals surface area contributed by atoms with Crippen molar-refractivity contribution in [2.45, 2.75) is 38.5 Å². The highest BCUT2D eigenvalue weighted by molar-refractivity contribution is 5.98. The summed E-state index contributed by atoms with van der Waals surface area (Å²) in [5, 5.41) is 5.49. The Bertz CT molecular complexity index is 846. The molecule has 28 heavy (non-hydrogen) atoms. The van der Waals surface area contributed by atoms with E-state index in [1.54, 1.807) is 24.3 Å². The van der Waals surface area contributed by atoms with Gasteiger partial charge < -0.3 is 10.6 Å². The number of Topliss-reactive ketones (excluding diaryl/α,β-unsaturated/α-hetero) is 1. The number of nitrogens with one attached hydrogen (secondary N) is 2. The molecule has 2 N–H and O–H groups in total. The molecular weight excluding hydrogens is 352 g/mol. The molecule has 146 valence electrons. The van der Waals surface area contributed by atoms with Crippen molar-refractivity contribution in [3.63, 3.8) is 0 Å². The van der Waals surface area contributed by atoms with Gasteiger partial charge in [0.15, 0.2) is 5.78 Å². The normalized spacial score (nSPS) is 12.7. The molecule has 0 spiro atoms. The first-order valence-electron chi connectivity index (χ1n) is 9.88. The van der Waals surface area contributed by atoms with Gasteiger partial charge >= 0.3 is 0 Å². The highest BCUT2D eigenvalue weighted by Gasteiger charge is 2.14. The van der Waals surface area contributed by atoms with Gasteiger partial charge in [0.25, 0.3) is 5.91 Å². The minimum absolute atomic E-state index is 0.000837. The van der Waals surface area contributed by atoms with Crippen molar-refractivity contribution in [3.05, 3.63) is 70.8 Å². The molecule has 1 aliphatic carbocycles. The maximum Gasteiger partial charge on any atom is 0.251 e. The van der Waals surface area contributed by atoms with Gasteiger partial charge in [-0.3, -0.25) is 14.4 Å². The van der Waals surface area contributed by atoms with E-state index < -0.39 is 0 Å². The molecule has 0 saturated carbocycles. The second kappa shape index (κ2) is 9.83. The number of hydrogen-bond donors (Lipinski definition) is 2. The van der Waals surface area contributed by atoms with Crippen molar-refractivity contribution < 1.29 is 14.4 Å². The zero-order valence-electron chi connectivity index (χ0n) is 16.0. The number of fused-ring (bicyclic) bond motifs is 1. The highest BCUT2D eigenvalue weighted by Crippen LogP contribution is 2.22. The van der Waals surface area contributed by atoms with Crippen LogP contribution in [0.1, 0.15) is 57.5 Å². The third kappa shape index (κ3) is 5.52. The molecular formula is C23H26N2O3. The van der Waals surface area contributed by atoms with Crippen LogP contribution in [0.5, 0.6) is 0 Å². The molecule has 0 radical (unpaired) electrons. The minimum atomic E-state index is -0.180. The zero-order chi connectivity index (χ0) is 19.8. The third-order valence-corrected chi connectivity index (χ3v) is 5.02. The molecule has 3 rings (SSSR count). The average molecular weight is 378 g/mol. The quantitative estimate of drug-likeness (QED) is 0.548. The fourth-order valence-electron chi connectivity index (χ4n) is 3.44. The van der Waals surface area contributed by atoms with E-state index >= 15 is 0 Å². The monoisotopic (exact) mass is 378 g/mol. The summed E-state index contributed by atoms with van der Waals surface area (Å²) in [6.45, 7) is 0.683. The largest absolute Gasteiger partial charge is 0.354 e. The molecule has 1 aliphatic rings. The van der Waals surface area contributed by atoms with Crippen molar-refractivity contribution in [1.82, 2.24) is 10.6 Å². The Morgan fingerprint density at radius 1 is 0.750 bits per heavy atom. The Morgan fingerprint density at radius 2 is 1.46 bits per heavy atom.